The van der Waals surface area contributed by atoms with Crippen molar-refractivity contribution in [2.75, 3.05) is 18.0 Å². The molecular formula is C22H28N2OS. The number of hydrogen-bond donors (Lipinski definition) is 1. The van der Waals surface area contributed by atoms with Gasteiger partial charge in [0.15, 0.2) is 0 Å². The summed E-state index contributed by atoms with van der Waals surface area (Å²) in [5.74, 6) is 0.958. The number of benzene rings is 2. The van der Waals surface area contributed by atoms with Gasteiger partial charge in [0.25, 0.3) is 0 Å². The van der Waals surface area contributed by atoms with Crippen molar-refractivity contribution in [2.45, 2.75) is 61.5 Å². The fourth-order valence-electron chi connectivity index (χ4n) is 3.85. The molecule has 0 aromatic heterocycles. The van der Waals surface area contributed by atoms with Gasteiger partial charge >= 0.3 is 0 Å². The van der Waals surface area contributed by atoms with Gasteiger partial charge in [-0.25, -0.2) is 0 Å². The number of nitrogens with one attached hydrogen (secondary N) is 1. The molecule has 1 fully saturated rings. The van der Waals surface area contributed by atoms with Gasteiger partial charge in [0, 0.05) is 28.4 Å². The number of hydrogen-bond acceptors (Lipinski definition) is 4. The van der Waals surface area contributed by atoms with Crippen molar-refractivity contribution in [1.29, 1.82) is 0 Å². The van der Waals surface area contributed by atoms with Crippen LogP contribution in [-0.4, -0.2) is 25.2 Å². The Kier molecular flexibility index (Phi) is 5.41. The smallest absolute Gasteiger partial charge is 0.121 e. The van der Waals surface area contributed by atoms with Crippen LogP contribution in [0.1, 0.15) is 39.5 Å². The van der Waals surface area contributed by atoms with Crippen molar-refractivity contribution in [3.8, 4) is 5.75 Å². The molecule has 0 unspecified atom stereocenters. The third kappa shape index (κ3) is 3.86. The van der Waals surface area contributed by atoms with Gasteiger partial charge in [0.05, 0.1) is 17.5 Å². The lowest BCUT2D eigenvalue weighted by Gasteiger charge is -2.35. The maximum atomic E-state index is 5.96. The summed E-state index contributed by atoms with van der Waals surface area (Å²) in [6, 6.07) is 15.9. The van der Waals surface area contributed by atoms with Crippen molar-refractivity contribution in [1.82, 2.24) is 5.32 Å². The number of para-hydroxylation sites is 1. The molecule has 3 nitrogen and oxygen atoms in total. The molecule has 2 aromatic carbocycles. The maximum Gasteiger partial charge on any atom is 0.121 e. The highest BCUT2D eigenvalue weighted by Crippen LogP contribution is 2.49. The van der Waals surface area contributed by atoms with E-state index in [1.165, 1.54) is 53.4 Å². The minimum absolute atomic E-state index is 0.191. The molecule has 2 aliphatic heterocycles. The quantitative estimate of drug-likeness (QED) is 0.741. The number of piperidine rings is 1. The van der Waals surface area contributed by atoms with E-state index in [2.05, 4.69) is 66.5 Å². The lowest BCUT2D eigenvalue weighted by atomic mass is 10.0. The summed E-state index contributed by atoms with van der Waals surface area (Å²) in [7, 11) is 0. The minimum Gasteiger partial charge on any atom is -0.491 e. The van der Waals surface area contributed by atoms with Gasteiger partial charge in [0.1, 0.15) is 5.75 Å². The van der Waals surface area contributed by atoms with Crippen LogP contribution in [0.25, 0.3) is 0 Å². The van der Waals surface area contributed by atoms with Crippen LogP contribution in [0, 0.1) is 0 Å². The van der Waals surface area contributed by atoms with Crippen LogP contribution in [0.4, 0.5) is 11.4 Å². The van der Waals surface area contributed by atoms with Crippen LogP contribution in [0.2, 0.25) is 0 Å². The van der Waals surface area contributed by atoms with Gasteiger partial charge in [-0.1, -0.05) is 30.3 Å². The molecule has 0 bridgehead atoms. The number of fused-ring (bicyclic) bond motifs is 2. The molecule has 2 aromatic rings. The fourth-order valence-corrected chi connectivity index (χ4v) is 4.93. The van der Waals surface area contributed by atoms with Gasteiger partial charge in [-0.15, -0.1) is 0 Å². The Morgan fingerprint density at radius 1 is 1.12 bits per heavy atom. The Labute approximate surface area is 161 Å². The normalized spacial score (nSPS) is 19.2. The molecule has 0 amide bonds. The van der Waals surface area contributed by atoms with E-state index in [0.29, 0.717) is 6.04 Å². The van der Waals surface area contributed by atoms with E-state index < -0.39 is 0 Å². The molecule has 138 valence electrons. The molecule has 0 saturated carbocycles. The molecule has 26 heavy (non-hydrogen) atoms. The van der Waals surface area contributed by atoms with E-state index in [4.69, 9.17) is 4.74 Å². The highest BCUT2D eigenvalue weighted by molar-refractivity contribution is 7.99. The second-order valence-electron chi connectivity index (χ2n) is 7.45. The lowest BCUT2D eigenvalue weighted by Crippen LogP contribution is -2.37. The zero-order valence-corrected chi connectivity index (χ0v) is 16.5. The number of ether oxygens (including phenoxy) is 1. The first-order valence-electron chi connectivity index (χ1n) is 9.79. The Morgan fingerprint density at radius 2 is 1.96 bits per heavy atom. The first-order chi connectivity index (χ1) is 12.7. The summed E-state index contributed by atoms with van der Waals surface area (Å²) in [5, 5.41) is 3.69. The SMILES string of the molecule is CC(C)Oc1ccc2c(c1)N(CC[C@H]1CCCCN1)c1ccccc1S2. The summed E-state index contributed by atoms with van der Waals surface area (Å²) in [6.07, 6.45) is 5.34. The maximum absolute atomic E-state index is 5.96. The first kappa shape index (κ1) is 17.7. The molecule has 1 saturated heterocycles. The largest absolute Gasteiger partial charge is 0.491 e. The van der Waals surface area contributed by atoms with Crippen LogP contribution < -0.4 is 15.0 Å². The second-order valence-corrected chi connectivity index (χ2v) is 8.54. The summed E-state index contributed by atoms with van der Waals surface area (Å²) in [6.45, 7) is 6.36. The molecule has 1 N–H and O–H groups in total. The van der Waals surface area contributed by atoms with Crippen LogP contribution in [-0.2, 0) is 0 Å². The molecule has 0 aliphatic carbocycles. The third-order valence-electron chi connectivity index (χ3n) is 5.08. The molecule has 2 heterocycles. The highest BCUT2D eigenvalue weighted by Gasteiger charge is 2.25. The Hall–Kier alpha value is -1.65. The topological polar surface area (TPSA) is 24.5 Å². The standard InChI is InChI=1S/C22H28N2OS/c1-16(2)25-18-10-11-22-20(15-18)24(14-12-17-7-5-6-13-23-17)19-8-3-4-9-21(19)26-22/h3-4,8-11,15-17,23H,5-7,12-14H2,1-2H3/t17-/m1/s1. The Balaban J connectivity index is 1.62. The molecule has 2 aliphatic rings. The summed E-state index contributed by atoms with van der Waals surface area (Å²) in [4.78, 5) is 5.15. The predicted octanol–water partition coefficient (Wildman–Crippen LogP) is 5.61. The Morgan fingerprint density at radius 3 is 2.77 bits per heavy atom. The zero-order valence-electron chi connectivity index (χ0n) is 15.7. The van der Waals surface area contributed by atoms with Crippen molar-refractivity contribution in [3.05, 3.63) is 42.5 Å². The first-order valence-corrected chi connectivity index (χ1v) is 10.6. The zero-order chi connectivity index (χ0) is 17.9. The fraction of sp³-hybridized carbons (Fsp3) is 0.455. The number of rotatable bonds is 5. The van der Waals surface area contributed by atoms with E-state index in [9.17, 15) is 0 Å². The van der Waals surface area contributed by atoms with Gasteiger partial charge in [0.2, 0.25) is 0 Å². The second kappa shape index (κ2) is 7.93. The van der Waals surface area contributed by atoms with E-state index in [-0.39, 0.29) is 6.10 Å². The van der Waals surface area contributed by atoms with Crippen molar-refractivity contribution >= 4 is 23.1 Å². The van der Waals surface area contributed by atoms with E-state index in [1.807, 2.05) is 11.8 Å². The monoisotopic (exact) mass is 368 g/mol. The molecule has 0 spiro atoms. The van der Waals surface area contributed by atoms with Crippen LogP contribution in [0.15, 0.2) is 52.3 Å². The molecule has 4 rings (SSSR count). The van der Waals surface area contributed by atoms with Crippen molar-refractivity contribution in [3.63, 3.8) is 0 Å². The van der Waals surface area contributed by atoms with Crippen molar-refractivity contribution in [2.24, 2.45) is 0 Å². The van der Waals surface area contributed by atoms with E-state index in [1.54, 1.807) is 0 Å². The number of anilines is 2. The van der Waals surface area contributed by atoms with E-state index >= 15 is 0 Å². The minimum atomic E-state index is 0.191. The third-order valence-corrected chi connectivity index (χ3v) is 6.21. The van der Waals surface area contributed by atoms with Crippen LogP contribution >= 0.6 is 11.8 Å². The Bertz CT molecular complexity index is 756. The molecular weight excluding hydrogens is 340 g/mol. The van der Waals surface area contributed by atoms with Gasteiger partial charge in [-0.05, 0) is 63.9 Å². The van der Waals surface area contributed by atoms with Gasteiger partial charge < -0.3 is 15.0 Å². The number of nitrogens with zero attached hydrogens (tertiary/aromatic N) is 1. The highest BCUT2D eigenvalue weighted by atomic mass is 32.2. The average molecular weight is 369 g/mol. The van der Waals surface area contributed by atoms with E-state index in [0.717, 1.165) is 12.3 Å². The van der Waals surface area contributed by atoms with Crippen LogP contribution in [0.3, 0.4) is 0 Å². The van der Waals surface area contributed by atoms with Crippen LogP contribution in [0.5, 0.6) is 5.75 Å². The molecule has 0 radical (unpaired) electrons. The summed E-state index contributed by atoms with van der Waals surface area (Å²) < 4.78 is 5.96. The van der Waals surface area contributed by atoms with Gasteiger partial charge in [-0.3, -0.25) is 0 Å². The summed E-state index contributed by atoms with van der Waals surface area (Å²) in [5.41, 5.74) is 2.60. The molecule has 4 heteroatoms. The molecule has 1 atom stereocenters. The summed E-state index contributed by atoms with van der Waals surface area (Å²) >= 11 is 1.86. The predicted molar refractivity (Wildman–Crippen MR) is 110 cm³/mol. The lowest BCUT2D eigenvalue weighted by molar-refractivity contribution is 0.242. The van der Waals surface area contributed by atoms with Gasteiger partial charge in [-0.2, -0.15) is 0 Å². The van der Waals surface area contributed by atoms with Crippen molar-refractivity contribution < 1.29 is 4.74 Å². The average Bonchev–Trinajstić information content (AvgIpc) is 2.66.